The number of aryl methyl sites for hydroxylation is 2. The molecule has 0 atom stereocenters. The molecule has 0 saturated carbocycles. The highest BCUT2D eigenvalue weighted by Gasteiger charge is 2.16. The summed E-state index contributed by atoms with van der Waals surface area (Å²) in [6, 6.07) is 0. The first kappa shape index (κ1) is 33.2. The minimum Gasteiger partial charge on any atom is -0.234 e. The molecule has 1 aromatic rings. The molecular weight excluding hydrogens is 436 g/mol. The van der Waals surface area contributed by atoms with E-state index in [4.69, 9.17) is 0 Å². The molecule has 0 fully saturated rings. The van der Waals surface area contributed by atoms with Crippen molar-refractivity contribution >= 4 is 0 Å². The third-order valence-electron chi connectivity index (χ3n) is 8.10. The second-order valence-corrected chi connectivity index (χ2v) is 11.6. The fourth-order valence-electron chi connectivity index (χ4n) is 5.62. The minimum atomic E-state index is 1.23. The molecule has 0 spiro atoms. The molecule has 1 aromatic heterocycles. The molecule has 2 heteroatoms. The van der Waals surface area contributed by atoms with Crippen LogP contribution in [0.4, 0.5) is 0 Å². The standard InChI is InChI=1S/C34H67N2/c1-4-7-10-12-14-16-18-20-22-24-27-30-35-32-33-36(34(35)29-26-9-6-3)31-28-25-23-21-19-17-15-13-11-8-5-2/h32-33H,4-31H2,1-3H3/q+1. The fraction of sp³-hybridized carbons (Fsp3) is 0.912. The lowest BCUT2D eigenvalue weighted by molar-refractivity contribution is -0.704. The van der Waals surface area contributed by atoms with Gasteiger partial charge in [-0.15, -0.1) is 0 Å². The van der Waals surface area contributed by atoms with Crippen molar-refractivity contribution in [1.82, 2.24) is 4.57 Å². The van der Waals surface area contributed by atoms with Crippen molar-refractivity contribution in [3.63, 3.8) is 0 Å². The van der Waals surface area contributed by atoms with Gasteiger partial charge in [-0.3, -0.25) is 0 Å². The number of unbranched alkanes of at least 4 members (excludes halogenated alkanes) is 22. The Balaban J connectivity index is 2.19. The van der Waals surface area contributed by atoms with Crippen LogP contribution in [0.3, 0.4) is 0 Å². The fourth-order valence-corrected chi connectivity index (χ4v) is 5.62. The van der Waals surface area contributed by atoms with Crippen LogP contribution in [0.15, 0.2) is 12.4 Å². The number of nitrogens with zero attached hydrogens (tertiary/aromatic N) is 2. The lowest BCUT2D eigenvalue weighted by Crippen LogP contribution is -2.37. The van der Waals surface area contributed by atoms with E-state index < -0.39 is 0 Å². The largest absolute Gasteiger partial charge is 0.256 e. The summed E-state index contributed by atoms with van der Waals surface area (Å²) in [6.07, 6.45) is 41.5. The number of rotatable bonds is 28. The summed E-state index contributed by atoms with van der Waals surface area (Å²) < 4.78 is 5.20. The summed E-state index contributed by atoms with van der Waals surface area (Å²) >= 11 is 0. The van der Waals surface area contributed by atoms with Gasteiger partial charge in [0, 0.05) is 6.42 Å². The third-order valence-corrected chi connectivity index (χ3v) is 8.10. The van der Waals surface area contributed by atoms with E-state index >= 15 is 0 Å². The highest BCUT2D eigenvalue weighted by molar-refractivity contribution is 4.84. The van der Waals surface area contributed by atoms with Gasteiger partial charge in [0.2, 0.25) is 0 Å². The Morgan fingerprint density at radius 3 is 1.33 bits per heavy atom. The molecule has 2 nitrogen and oxygen atoms in total. The van der Waals surface area contributed by atoms with Gasteiger partial charge in [-0.25, -0.2) is 9.13 Å². The Morgan fingerprint density at radius 2 is 0.861 bits per heavy atom. The Bertz CT molecular complexity index is 518. The van der Waals surface area contributed by atoms with Crippen LogP contribution in [0.2, 0.25) is 0 Å². The van der Waals surface area contributed by atoms with Gasteiger partial charge < -0.3 is 0 Å². The summed E-state index contributed by atoms with van der Waals surface area (Å²) in [7, 11) is 0. The summed E-state index contributed by atoms with van der Waals surface area (Å²) in [5.41, 5.74) is 0. The molecule has 0 saturated heterocycles. The van der Waals surface area contributed by atoms with E-state index in [0.29, 0.717) is 0 Å². The molecule has 0 aliphatic rings. The summed E-state index contributed by atoms with van der Waals surface area (Å²) in [6.45, 7) is 9.39. The van der Waals surface area contributed by atoms with E-state index in [1.165, 1.54) is 180 Å². The monoisotopic (exact) mass is 504 g/mol. The van der Waals surface area contributed by atoms with Crippen LogP contribution in [0.5, 0.6) is 0 Å². The van der Waals surface area contributed by atoms with Crippen molar-refractivity contribution < 1.29 is 4.57 Å². The second kappa shape index (κ2) is 25.8. The topological polar surface area (TPSA) is 8.81 Å². The Hall–Kier alpha value is -0.790. The molecule has 0 bridgehead atoms. The van der Waals surface area contributed by atoms with Gasteiger partial charge in [-0.2, -0.15) is 0 Å². The zero-order valence-electron chi connectivity index (χ0n) is 25.3. The van der Waals surface area contributed by atoms with Gasteiger partial charge in [0.1, 0.15) is 12.4 Å². The number of aromatic nitrogens is 2. The first-order valence-corrected chi connectivity index (χ1v) is 16.9. The van der Waals surface area contributed by atoms with E-state index in [9.17, 15) is 0 Å². The molecule has 0 aliphatic carbocycles. The van der Waals surface area contributed by atoms with Crippen molar-refractivity contribution in [1.29, 1.82) is 0 Å². The van der Waals surface area contributed by atoms with Crippen molar-refractivity contribution in [2.45, 2.75) is 201 Å². The van der Waals surface area contributed by atoms with Crippen molar-refractivity contribution in [3.8, 4) is 0 Å². The predicted octanol–water partition coefficient (Wildman–Crippen LogP) is 11.1. The second-order valence-electron chi connectivity index (χ2n) is 11.6. The van der Waals surface area contributed by atoms with Gasteiger partial charge in [0.05, 0.1) is 13.1 Å². The maximum Gasteiger partial charge on any atom is 0.256 e. The van der Waals surface area contributed by atoms with Gasteiger partial charge in [0.15, 0.2) is 0 Å². The van der Waals surface area contributed by atoms with E-state index in [1.807, 2.05) is 0 Å². The molecule has 0 aromatic carbocycles. The normalized spacial score (nSPS) is 11.5. The summed E-state index contributed by atoms with van der Waals surface area (Å²) in [5.74, 6) is 1.60. The average molecular weight is 504 g/mol. The van der Waals surface area contributed by atoms with Crippen molar-refractivity contribution in [3.05, 3.63) is 18.2 Å². The molecule has 0 amide bonds. The molecule has 1 rings (SSSR count). The first-order chi connectivity index (χ1) is 17.8. The van der Waals surface area contributed by atoms with Gasteiger partial charge in [-0.05, 0) is 32.1 Å². The van der Waals surface area contributed by atoms with Crippen molar-refractivity contribution in [2.24, 2.45) is 0 Å². The van der Waals surface area contributed by atoms with Gasteiger partial charge >= 0.3 is 0 Å². The van der Waals surface area contributed by atoms with E-state index in [1.54, 1.807) is 5.82 Å². The Labute approximate surface area is 228 Å². The van der Waals surface area contributed by atoms with E-state index in [0.717, 1.165) is 0 Å². The minimum absolute atomic E-state index is 1.23. The maximum absolute atomic E-state index is 2.60. The molecule has 0 aliphatic heterocycles. The van der Waals surface area contributed by atoms with Crippen LogP contribution >= 0.6 is 0 Å². The van der Waals surface area contributed by atoms with Crippen molar-refractivity contribution in [2.75, 3.05) is 0 Å². The zero-order valence-corrected chi connectivity index (χ0v) is 25.3. The molecule has 0 N–H and O–H groups in total. The highest BCUT2D eigenvalue weighted by atomic mass is 15.1. The van der Waals surface area contributed by atoms with Crippen LogP contribution in [0.25, 0.3) is 0 Å². The number of imidazole rings is 1. The molecular formula is C34H67N2+. The van der Waals surface area contributed by atoms with Gasteiger partial charge in [-0.1, -0.05) is 149 Å². The lowest BCUT2D eigenvalue weighted by atomic mass is 10.1. The molecule has 1 heterocycles. The van der Waals surface area contributed by atoms with Gasteiger partial charge in [0.25, 0.3) is 5.82 Å². The zero-order chi connectivity index (χ0) is 25.9. The van der Waals surface area contributed by atoms with Crippen LogP contribution < -0.4 is 4.57 Å². The molecule has 36 heavy (non-hydrogen) atoms. The summed E-state index contributed by atoms with van der Waals surface area (Å²) in [4.78, 5) is 0. The average Bonchev–Trinajstić information content (AvgIpc) is 3.27. The Kier molecular flexibility index (Phi) is 23.9. The quantitative estimate of drug-likeness (QED) is 0.0794. The van der Waals surface area contributed by atoms with Crippen LogP contribution in [-0.4, -0.2) is 4.57 Å². The Morgan fingerprint density at radius 1 is 0.472 bits per heavy atom. The molecule has 0 radical (unpaired) electrons. The lowest BCUT2D eigenvalue weighted by Gasteiger charge is -2.07. The van der Waals surface area contributed by atoms with Crippen LogP contribution in [-0.2, 0) is 19.5 Å². The third kappa shape index (κ3) is 18.5. The predicted molar refractivity (Wildman–Crippen MR) is 161 cm³/mol. The maximum atomic E-state index is 2.60. The van der Waals surface area contributed by atoms with E-state index in [2.05, 4.69) is 42.3 Å². The number of hydrogen-bond donors (Lipinski definition) is 0. The van der Waals surface area contributed by atoms with Crippen LogP contribution in [0, 0.1) is 0 Å². The summed E-state index contributed by atoms with van der Waals surface area (Å²) in [5, 5.41) is 0. The molecule has 0 unspecified atom stereocenters. The molecule has 212 valence electrons. The van der Waals surface area contributed by atoms with E-state index in [-0.39, 0.29) is 0 Å². The van der Waals surface area contributed by atoms with Crippen LogP contribution in [0.1, 0.15) is 187 Å². The highest BCUT2D eigenvalue weighted by Crippen LogP contribution is 2.14. The number of hydrogen-bond acceptors (Lipinski definition) is 0. The first-order valence-electron chi connectivity index (χ1n) is 16.9. The smallest absolute Gasteiger partial charge is 0.234 e. The SMILES string of the molecule is CCCCCCCCCCCCCn1cc[n+](CCCCCCCCCCCCC)c1CCCCC.